The van der Waals surface area contributed by atoms with Gasteiger partial charge in [-0.2, -0.15) is 0 Å². The van der Waals surface area contributed by atoms with Crippen molar-refractivity contribution in [2.45, 2.75) is 125 Å². The van der Waals surface area contributed by atoms with Crippen LogP contribution in [-0.4, -0.2) is 11.2 Å². The molecule has 2 saturated carbocycles. The van der Waals surface area contributed by atoms with Gasteiger partial charge in [0.15, 0.2) is 0 Å². The van der Waals surface area contributed by atoms with Gasteiger partial charge in [0.1, 0.15) is 0 Å². The first-order chi connectivity index (χ1) is 14.0. The van der Waals surface area contributed by atoms with Crippen LogP contribution in [0.15, 0.2) is 11.1 Å². The summed E-state index contributed by atoms with van der Waals surface area (Å²) in [7, 11) is 0. The van der Waals surface area contributed by atoms with E-state index in [1.807, 2.05) is 11.1 Å². The van der Waals surface area contributed by atoms with E-state index in [0.29, 0.717) is 16.7 Å². The van der Waals surface area contributed by atoms with E-state index in [1.165, 1.54) is 64.2 Å². The third-order valence-corrected chi connectivity index (χ3v) is 11.1. The normalized spacial score (nSPS) is 43.9. The van der Waals surface area contributed by atoms with Crippen LogP contribution in [0.25, 0.3) is 0 Å². The molecule has 0 heterocycles. The zero-order valence-electron chi connectivity index (χ0n) is 21.2. The van der Waals surface area contributed by atoms with Crippen molar-refractivity contribution in [2.75, 3.05) is 0 Å². The van der Waals surface area contributed by atoms with Crippen LogP contribution in [0.3, 0.4) is 0 Å². The van der Waals surface area contributed by atoms with Crippen molar-refractivity contribution < 1.29 is 5.11 Å². The van der Waals surface area contributed by atoms with Crippen molar-refractivity contribution in [2.24, 2.45) is 45.8 Å². The Morgan fingerprint density at radius 2 is 1.63 bits per heavy atom. The monoisotopic (exact) mass is 414 g/mol. The first-order valence-corrected chi connectivity index (χ1v) is 13.4. The fourth-order valence-electron chi connectivity index (χ4n) is 9.31. The van der Waals surface area contributed by atoms with Crippen molar-refractivity contribution >= 4 is 0 Å². The average molecular weight is 415 g/mol. The maximum absolute atomic E-state index is 10.8. The molecule has 1 nitrogen and oxygen atoms in total. The van der Waals surface area contributed by atoms with E-state index in [9.17, 15) is 5.11 Å². The van der Waals surface area contributed by atoms with Crippen molar-refractivity contribution in [1.29, 1.82) is 0 Å². The average Bonchev–Trinajstić information content (AvgIpc) is 3.02. The van der Waals surface area contributed by atoms with Gasteiger partial charge >= 0.3 is 0 Å². The van der Waals surface area contributed by atoms with Crippen molar-refractivity contribution in [3.8, 4) is 0 Å². The molecule has 4 rings (SSSR count). The van der Waals surface area contributed by atoms with E-state index in [1.54, 1.807) is 0 Å². The summed E-state index contributed by atoms with van der Waals surface area (Å²) in [6, 6.07) is 0. The summed E-state index contributed by atoms with van der Waals surface area (Å²) in [6.45, 7) is 17.3. The predicted molar refractivity (Wildman–Crippen MR) is 128 cm³/mol. The number of hydrogen-bond acceptors (Lipinski definition) is 1. The van der Waals surface area contributed by atoms with Crippen molar-refractivity contribution in [3.05, 3.63) is 11.1 Å². The Labute approximate surface area is 187 Å². The molecule has 1 N–H and O–H groups in total. The Morgan fingerprint density at radius 1 is 0.900 bits per heavy atom. The fourth-order valence-corrected chi connectivity index (χ4v) is 9.31. The van der Waals surface area contributed by atoms with Gasteiger partial charge in [0.05, 0.1) is 6.10 Å². The summed E-state index contributed by atoms with van der Waals surface area (Å²) < 4.78 is 0. The zero-order valence-corrected chi connectivity index (χ0v) is 21.2. The van der Waals surface area contributed by atoms with Crippen LogP contribution in [0.2, 0.25) is 0 Å². The minimum atomic E-state index is -0.117. The minimum Gasteiger partial charge on any atom is -0.393 e. The van der Waals surface area contributed by atoms with E-state index in [4.69, 9.17) is 0 Å². The predicted octanol–water partition coefficient (Wildman–Crippen LogP) is 8.17. The topological polar surface area (TPSA) is 20.2 Å². The second kappa shape index (κ2) is 7.93. The largest absolute Gasteiger partial charge is 0.393 e. The number of fused-ring (bicyclic) bond motifs is 4. The lowest BCUT2D eigenvalue weighted by molar-refractivity contribution is -0.0931. The summed E-state index contributed by atoms with van der Waals surface area (Å²) in [5.74, 6) is 4.17. The van der Waals surface area contributed by atoms with Gasteiger partial charge < -0.3 is 5.11 Å². The summed E-state index contributed by atoms with van der Waals surface area (Å²) >= 11 is 0. The second-order valence-electron chi connectivity index (χ2n) is 13.4. The first-order valence-electron chi connectivity index (χ1n) is 13.4. The minimum absolute atomic E-state index is 0.0649. The molecule has 2 unspecified atom stereocenters. The van der Waals surface area contributed by atoms with Gasteiger partial charge in [-0.3, -0.25) is 0 Å². The van der Waals surface area contributed by atoms with Crippen LogP contribution in [-0.2, 0) is 0 Å². The lowest BCUT2D eigenvalue weighted by atomic mass is 9.46. The van der Waals surface area contributed by atoms with Crippen LogP contribution >= 0.6 is 0 Å². The van der Waals surface area contributed by atoms with Crippen molar-refractivity contribution in [1.82, 2.24) is 0 Å². The van der Waals surface area contributed by atoms with Crippen LogP contribution in [0.5, 0.6) is 0 Å². The van der Waals surface area contributed by atoms with Gasteiger partial charge in [-0.25, -0.2) is 0 Å². The van der Waals surface area contributed by atoms with Gasteiger partial charge in [-0.1, -0.05) is 78.9 Å². The number of aliphatic hydroxyl groups excluding tert-OH is 1. The Morgan fingerprint density at radius 3 is 2.33 bits per heavy atom. The molecule has 1 heteroatoms. The molecule has 0 aromatic heterocycles. The summed E-state index contributed by atoms with van der Waals surface area (Å²) in [5, 5.41) is 10.8. The molecule has 4 aliphatic carbocycles. The molecule has 7 atom stereocenters. The SMILES string of the molecule is CC(C)CCCC(C)[C@H]1CCC2C3=C(CC[C@@]21C)[C@@]1(C)CC[C@H](O)C(C)(C)[C@@H]1CC3. The van der Waals surface area contributed by atoms with Crippen LogP contribution < -0.4 is 0 Å². The Balaban J connectivity index is 1.57. The molecule has 0 radical (unpaired) electrons. The van der Waals surface area contributed by atoms with Gasteiger partial charge in [-0.15, -0.1) is 0 Å². The Bertz CT molecular complexity index is 672. The second-order valence-corrected chi connectivity index (χ2v) is 13.4. The molecule has 0 saturated heterocycles. The molecular weight excluding hydrogens is 364 g/mol. The standard InChI is InChI=1S/C29H50O/c1-19(2)9-8-10-20(3)22-12-13-23-21-11-14-25-27(4,5)26(30)16-18-29(25,7)24(21)15-17-28(22,23)6/h19-20,22-23,25-26,30H,8-18H2,1-7H3/t20?,22-,23?,25+,26+,28-,29-/m1/s1. The molecule has 0 aliphatic heterocycles. The fraction of sp³-hybridized carbons (Fsp3) is 0.931. The molecule has 172 valence electrons. The lowest BCUT2D eigenvalue weighted by Crippen LogP contribution is -2.53. The molecule has 0 aromatic carbocycles. The highest BCUT2D eigenvalue weighted by Crippen LogP contribution is 2.68. The number of allylic oxidation sites excluding steroid dienone is 2. The molecule has 2 fully saturated rings. The maximum atomic E-state index is 10.8. The first kappa shape index (κ1) is 22.9. The summed E-state index contributed by atoms with van der Waals surface area (Å²) in [5.41, 5.74) is 4.73. The van der Waals surface area contributed by atoms with Gasteiger partial charge in [-0.05, 0) is 97.2 Å². The van der Waals surface area contributed by atoms with E-state index >= 15 is 0 Å². The van der Waals surface area contributed by atoms with E-state index in [0.717, 1.165) is 30.1 Å². The molecule has 0 aromatic rings. The van der Waals surface area contributed by atoms with E-state index < -0.39 is 0 Å². The number of aliphatic hydroxyl groups is 1. The quantitative estimate of drug-likeness (QED) is 0.450. The molecular formula is C29H50O. The molecule has 4 aliphatic rings. The van der Waals surface area contributed by atoms with Gasteiger partial charge in [0.25, 0.3) is 0 Å². The third-order valence-electron chi connectivity index (χ3n) is 11.1. The highest BCUT2D eigenvalue weighted by atomic mass is 16.3. The summed E-state index contributed by atoms with van der Waals surface area (Å²) in [4.78, 5) is 0. The van der Waals surface area contributed by atoms with Crippen molar-refractivity contribution in [3.63, 3.8) is 0 Å². The van der Waals surface area contributed by atoms with Crippen LogP contribution in [0.1, 0.15) is 119 Å². The molecule has 0 amide bonds. The van der Waals surface area contributed by atoms with Gasteiger partial charge in [0, 0.05) is 0 Å². The number of hydrogen-bond donors (Lipinski definition) is 1. The smallest absolute Gasteiger partial charge is 0.0594 e. The third kappa shape index (κ3) is 3.45. The highest BCUT2D eigenvalue weighted by Gasteiger charge is 2.59. The maximum Gasteiger partial charge on any atom is 0.0594 e. The van der Waals surface area contributed by atoms with Crippen LogP contribution in [0.4, 0.5) is 0 Å². The lowest BCUT2D eigenvalue weighted by Gasteiger charge is -2.60. The Kier molecular flexibility index (Phi) is 6.05. The molecule has 0 spiro atoms. The molecule has 0 bridgehead atoms. The zero-order chi connectivity index (χ0) is 21.9. The van der Waals surface area contributed by atoms with Gasteiger partial charge in [0.2, 0.25) is 0 Å². The van der Waals surface area contributed by atoms with Crippen LogP contribution in [0, 0.1) is 45.8 Å². The van der Waals surface area contributed by atoms with E-state index in [2.05, 4.69) is 48.5 Å². The Hall–Kier alpha value is -0.300. The molecule has 30 heavy (non-hydrogen) atoms. The number of rotatable bonds is 5. The summed E-state index contributed by atoms with van der Waals surface area (Å²) in [6.07, 6.45) is 14.6. The van der Waals surface area contributed by atoms with E-state index in [-0.39, 0.29) is 11.5 Å². The highest BCUT2D eigenvalue weighted by molar-refractivity contribution is 5.35.